The molecule has 19 heavy (non-hydrogen) atoms. The summed E-state index contributed by atoms with van der Waals surface area (Å²) in [4.78, 5) is 0. The number of methoxy groups -OCH3 is 1. The van der Waals surface area contributed by atoms with Crippen molar-refractivity contribution in [1.29, 1.82) is 0 Å². The van der Waals surface area contributed by atoms with E-state index in [0.29, 0.717) is 34.6 Å². The van der Waals surface area contributed by atoms with Crippen molar-refractivity contribution in [2.75, 3.05) is 19.6 Å². The highest BCUT2D eigenvalue weighted by atomic mass is 35.5. The molecule has 2 aromatic rings. The Bertz CT molecular complexity index is 627. The number of nitrogen functional groups attached to an aromatic ring is 1. The molecule has 0 saturated carbocycles. The number of benzene rings is 1. The predicted molar refractivity (Wildman–Crippen MR) is 69.9 cm³/mol. The molecule has 100 valence electrons. The second-order valence-electron chi connectivity index (χ2n) is 4.07. The summed E-state index contributed by atoms with van der Waals surface area (Å²) in [5.74, 6) is 2.34. The van der Waals surface area contributed by atoms with Crippen molar-refractivity contribution in [3.63, 3.8) is 0 Å². The standard InChI is InChI=1S/C12H12ClN3O3/c1-17-9-2-7(3-10-11(9)19-6-18-10)5-16-12(14)8(13)4-15-16/h2-4H,5-6,14H2,1H3. The third-order valence-electron chi connectivity index (χ3n) is 2.88. The Balaban J connectivity index is 1.95. The van der Waals surface area contributed by atoms with Crippen molar-refractivity contribution in [2.24, 2.45) is 0 Å². The molecule has 0 atom stereocenters. The Morgan fingerprint density at radius 2 is 2.32 bits per heavy atom. The van der Waals surface area contributed by atoms with Crippen LogP contribution in [0.4, 0.5) is 5.82 Å². The topological polar surface area (TPSA) is 71.5 Å². The fourth-order valence-corrected chi connectivity index (χ4v) is 2.09. The molecular weight excluding hydrogens is 270 g/mol. The Morgan fingerprint density at radius 3 is 3.00 bits per heavy atom. The van der Waals surface area contributed by atoms with Gasteiger partial charge in [0.2, 0.25) is 12.5 Å². The summed E-state index contributed by atoms with van der Waals surface area (Å²) in [6.07, 6.45) is 1.51. The largest absolute Gasteiger partial charge is 0.493 e. The summed E-state index contributed by atoms with van der Waals surface area (Å²) in [6, 6.07) is 3.74. The van der Waals surface area contributed by atoms with Crippen LogP contribution in [0, 0.1) is 0 Å². The van der Waals surface area contributed by atoms with Crippen molar-refractivity contribution < 1.29 is 14.2 Å². The van der Waals surface area contributed by atoms with Gasteiger partial charge in [-0.15, -0.1) is 0 Å². The lowest BCUT2D eigenvalue weighted by molar-refractivity contribution is 0.171. The second kappa shape index (κ2) is 4.55. The van der Waals surface area contributed by atoms with Gasteiger partial charge in [-0.05, 0) is 17.7 Å². The number of nitrogens with zero attached hydrogens (tertiary/aromatic N) is 2. The lowest BCUT2D eigenvalue weighted by atomic mass is 10.2. The summed E-state index contributed by atoms with van der Waals surface area (Å²) in [7, 11) is 1.58. The maximum absolute atomic E-state index is 5.87. The first-order chi connectivity index (χ1) is 9.19. The first-order valence-corrected chi connectivity index (χ1v) is 6.00. The number of halogens is 1. The Morgan fingerprint density at radius 1 is 1.47 bits per heavy atom. The van der Waals surface area contributed by atoms with E-state index >= 15 is 0 Å². The van der Waals surface area contributed by atoms with Gasteiger partial charge in [0.1, 0.15) is 10.8 Å². The van der Waals surface area contributed by atoms with E-state index in [1.54, 1.807) is 11.8 Å². The molecule has 0 bridgehead atoms. The number of rotatable bonds is 3. The minimum atomic E-state index is 0.199. The Kier molecular flexibility index (Phi) is 2.87. The molecule has 0 radical (unpaired) electrons. The Hall–Kier alpha value is -2.08. The van der Waals surface area contributed by atoms with Crippen LogP contribution in [0.5, 0.6) is 17.2 Å². The van der Waals surface area contributed by atoms with E-state index in [4.69, 9.17) is 31.5 Å². The molecule has 0 amide bonds. The number of hydrogen-bond donors (Lipinski definition) is 1. The third-order valence-corrected chi connectivity index (χ3v) is 3.17. The van der Waals surface area contributed by atoms with E-state index in [-0.39, 0.29) is 6.79 Å². The van der Waals surface area contributed by atoms with Crippen molar-refractivity contribution in [2.45, 2.75) is 6.54 Å². The SMILES string of the molecule is COc1cc(Cn2ncc(Cl)c2N)cc2c1OCO2. The molecule has 3 rings (SSSR count). The first-order valence-electron chi connectivity index (χ1n) is 5.62. The lowest BCUT2D eigenvalue weighted by Gasteiger charge is -2.09. The average Bonchev–Trinajstić information content (AvgIpc) is 2.99. The van der Waals surface area contributed by atoms with Gasteiger partial charge < -0.3 is 19.9 Å². The first kappa shape index (κ1) is 12.0. The monoisotopic (exact) mass is 281 g/mol. The Labute approximate surface area is 114 Å². The molecule has 6 nitrogen and oxygen atoms in total. The number of ether oxygens (including phenoxy) is 3. The van der Waals surface area contributed by atoms with Gasteiger partial charge in [0.05, 0.1) is 19.9 Å². The number of fused-ring (bicyclic) bond motifs is 1. The maximum atomic E-state index is 5.87. The van der Waals surface area contributed by atoms with Gasteiger partial charge in [-0.1, -0.05) is 11.6 Å². The van der Waals surface area contributed by atoms with Crippen molar-refractivity contribution >= 4 is 17.4 Å². The second-order valence-corrected chi connectivity index (χ2v) is 4.47. The van der Waals surface area contributed by atoms with Crippen LogP contribution in [0.15, 0.2) is 18.3 Å². The van der Waals surface area contributed by atoms with Gasteiger partial charge >= 0.3 is 0 Å². The van der Waals surface area contributed by atoms with E-state index in [9.17, 15) is 0 Å². The summed E-state index contributed by atoms with van der Waals surface area (Å²) < 4.78 is 17.6. The van der Waals surface area contributed by atoms with Gasteiger partial charge in [-0.3, -0.25) is 0 Å². The molecule has 0 unspecified atom stereocenters. The van der Waals surface area contributed by atoms with Crippen LogP contribution in [-0.2, 0) is 6.54 Å². The number of anilines is 1. The normalized spacial score (nSPS) is 12.7. The fourth-order valence-electron chi connectivity index (χ4n) is 1.95. The number of aromatic nitrogens is 2. The minimum absolute atomic E-state index is 0.199. The van der Waals surface area contributed by atoms with Gasteiger partial charge in [-0.2, -0.15) is 5.10 Å². The summed E-state index contributed by atoms with van der Waals surface area (Å²) in [6.45, 7) is 0.677. The smallest absolute Gasteiger partial charge is 0.231 e. The lowest BCUT2D eigenvalue weighted by Crippen LogP contribution is -2.06. The predicted octanol–water partition coefficient (Wildman–Crippen LogP) is 1.90. The zero-order valence-corrected chi connectivity index (χ0v) is 11.0. The molecule has 0 fully saturated rings. The molecule has 7 heteroatoms. The van der Waals surface area contributed by atoms with E-state index < -0.39 is 0 Å². The number of hydrogen-bond acceptors (Lipinski definition) is 5. The molecule has 0 saturated heterocycles. The van der Waals surface area contributed by atoms with E-state index in [1.165, 1.54) is 6.20 Å². The molecular formula is C12H12ClN3O3. The fraction of sp³-hybridized carbons (Fsp3) is 0.250. The summed E-state index contributed by atoms with van der Waals surface area (Å²) in [5, 5.41) is 4.54. The molecule has 0 aliphatic carbocycles. The van der Waals surface area contributed by atoms with Crippen LogP contribution in [0.25, 0.3) is 0 Å². The zero-order chi connectivity index (χ0) is 13.4. The van der Waals surface area contributed by atoms with Crippen LogP contribution in [0.3, 0.4) is 0 Å². The van der Waals surface area contributed by atoms with Crippen LogP contribution in [0.2, 0.25) is 5.02 Å². The van der Waals surface area contributed by atoms with E-state index in [2.05, 4.69) is 5.10 Å². The van der Waals surface area contributed by atoms with E-state index in [1.807, 2.05) is 12.1 Å². The maximum Gasteiger partial charge on any atom is 0.231 e. The molecule has 1 aliphatic heterocycles. The van der Waals surface area contributed by atoms with E-state index in [0.717, 1.165) is 5.56 Å². The van der Waals surface area contributed by atoms with Crippen LogP contribution in [-0.4, -0.2) is 23.7 Å². The van der Waals surface area contributed by atoms with Crippen molar-refractivity contribution in [1.82, 2.24) is 9.78 Å². The minimum Gasteiger partial charge on any atom is -0.493 e. The van der Waals surface area contributed by atoms with Gasteiger partial charge in [0.15, 0.2) is 11.5 Å². The molecule has 0 spiro atoms. The van der Waals surface area contributed by atoms with Crippen LogP contribution >= 0.6 is 11.6 Å². The van der Waals surface area contributed by atoms with Crippen molar-refractivity contribution in [3.8, 4) is 17.2 Å². The summed E-state index contributed by atoms with van der Waals surface area (Å²) >= 11 is 5.87. The molecule has 1 aromatic heterocycles. The highest BCUT2D eigenvalue weighted by Crippen LogP contribution is 2.42. The molecule has 1 aliphatic rings. The van der Waals surface area contributed by atoms with Crippen LogP contribution in [0.1, 0.15) is 5.56 Å². The summed E-state index contributed by atoms with van der Waals surface area (Å²) in [5.41, 5.74) is 6.75. The number of nitrogens with two attached hydrogens (primary N) is 1. The van der Waals surface area contributed by atoms with Crippen molar-refractivity contribution in [3.05, 3.63) is 28.9 Å². The highest BCUT2D eigenvalue weighted by molar-refractivity contribution is 6.32. The quantitative estimate of drug-likeness (QED) is 0.930. The molecule has 2 heterocycles. The van der Waals surface area contributed by atoms with Gasteiger partial charge in [-0.25, -0.2) is 4.68 Å². The zero-order valence-electron chi connectivity index (χ0n) is 10.2. The van der Waals surface area contributed by atoms with Crippen LogP contribution < -0.4 is 19.9 Å². The third kappa shape index (κ3) is 2.04. The van der Waals surface area contributed by atoms with Gasteiger partial charge in [0.25, 0.3) is 0 Å². The average molecular weight is 282 g/mol. The molecule has 1 aromatic carbocycles. The molecule has 2 N–H and O–H groups in total. The highest BCUT2D eigenvalue weighted by Gasteiger charge is 2.20. The van der Waals surface area contributed by atoms with Gasteiger partial charge in [0, 0.05) is 0 Å².